The van der Waals surface area contributed by atoms with Gasteiger partial charge in [-0.3, -0.25) is 9.79 Å². The van der Waals surface area contributed by atoms with Crippen molar-refractivity contribution in [2.45, 2.75) is 59.9 Å². The fourth-order valence-electron chi connectivity index (χ4n) is 4.70. The third-order valence-electron chi connectivity index (χ3n) is 7.19. The molecule has 1 saturated carbocycles. The number of rotatable bonds is 9. The van der Waals surface area contributed by atoms with Crippen molar-refractivity contribution in [3.8, 4) is 6.07 Å². The number of amides is 1. The van der Waals surface area contributed by atoms with Crippen LogP contribution in [0.5, 0.6) is 0 Å². The van der Waals surface area contributed by atoms with Gasteiger partial charge in [-0.2, -0.15) is 5.26 Å². The summed E-state index contributed by atoms with van der Waals surface area (Å²) in [5.74, 6) is 0.0222. The first-order valence-corrected chi connectivity index (χ1v) is 13.0. The Morgan fingerprint density at radius 2 is 2.03 bits per heavy atom. The standard InChI is InChI=1S/C30H41N5O/c1-7-28(24(4)25(5)33-19-23(3)34-15-13-32-14-16-34)22(2)17-29(36)35(27-10-11-27)20-26-9-8-12-30(6,18-26)21-31/h7-9,17-19,27,32H,3,10-16,20H2,1-2,4-6H3/b22-17+,25-24+,28-7-,33-19?. The summed E-state index contributed by atoms with van der Waals surface area (Å²) in [7, 11) is 0. The monoisotopic (exact) mass is 487 g/mol. The van der Waals surface area contributed by atoms with Gasteiger partial charge in [0.05, 0.1) is 11.5 Å². The molecular weight excluding hydrogens is 446 g/mol. The number of hydrogen-bond acceptors (Lipinski definition) is 5. The zero-order valence-corrected chi connectivity index (χ0v) is 22.6. The Balaban J connectivity index is 1.73. The molecule has 6 heteroatoms. The van der Waals surface area contributed by atoms with E-state index in [4.69, 9.17) is 4.99 Å². The van der Waals surface area contributed by atoms with Crippen LogP contribution in [0, 0.1) is 16.7 Å². The van der Waals surface area contributed by atoms with Crippen molar-refractivity contribution in [2.75, 3.05) is 32.7 Å². The molecular formula is C30H41N5O. The lowest BCUT2D eigenvalue weighted by Gasteiger charge is -2.29. The molecule has 0 radical (unpaired) electrons. The van der Waals surface area contributed by atoms with Gasteiger partial charge < -0.3 is 15.1 Å². The highest BCUT2D eigenvalue weighted by Gasteiger charge is 2.33. The summed E-state index contributed by atoms with van der Waals surface area (Å²) >= 11 is 0. The number of allylic oxidation sites excluding steroid dienone is 8. The Labute approximate surface area is 217 Å². The van der Waals surface area contributed by atoms with Crippen LogP contribution in [0.1, 0.15) is 53.9 Å². The van der Waals surface area contributed by atoms with E-state index in [1.54, 1.807) is 6.08 Å². The van der Waals surface area contributed by atoms with Crippen molar-refractivity contribution < 1.29 is 4.79 Å². The lowest BCUT2D eigenvalue weighted by atomic mass is 9.83. The summed E-state index contributed by atoms with van der Waals surface area (Å²) in [5, 5.41) is 12.9. The van der Waals surface area contributed by atoms with Crippen molar-refractivity contribution in [3.63, 3.8) is 0 Å². The molecule has 0 bridgehead atoms. The summed E-state index contributed by atoms with van der Waals surface area (Å²) in [4.78, 5) is 22.3. The van der Waals surface area contributed by atoms with E-state index in [1.807, 2.05) is 57.0 Å². The zero-order valence-electron chi connectivity index (χ0n) is 22.6. The molecule has 2 fully saturated rings. The summed E-state index contributed by atoms with van der Waals surface area (Å²) in [6, 6.07) is 2.67. The van der Waals surface area contributed by atoms with Crippen molar-refractivity contribution in [1.82, 2.24) is 15.1 Å². The van der Waals surface area contributed by atoms with Crippen LogP contribution in [0.4, 0.5) is 0 Å². The molecule has 1 aliphatic heterocycles. The maximum atomic E-state index is 13.4. The second-order valence-electron chi connectivity index (χ2n) is 10.3. The van der Waals surface area contributed by atoms with E-state index in [0.29, 0.717) is 13.0 Å². The Morgan fingerprint density at radius 1 is 1.33 bits per heavy atom. The predicted molar refractivity (Wildman–Crippen MR) is 148 cm³/mol. The van der Waals surface area contributed by atoms with Gasteiger partial charge in [0.2, 0.25) is 5.91 Å². The molecule has 0 spiro atoms. The molecule has 0 aromatic carbocycles. The van der Waals surface area contributed by atoms with Gasteiger partial charge in [-0.1, -0.05) is 30.9 Å². The topological polar surface area (TPSA) is 71.7 Å². The third kappa shape index (κ3) is 7.18. The van der Waals surface area contributed by atoms with Crippen LogP contribution in [-0.2, 0) is 4.79 Å². The van der Waals surface area contributed by atoms with Gasteiger partial charge in [0, 0.05) is 62.5 Å². The van der Waals surface area contributed by atoms with Crippen LogP contribution in [0.2, 0.25) is 0 Å². The van der Waals surface area contributed by atoms with Crippen LogP contribution in [0.25, 0.3) is 0 Å². The lowest BCUT2D eigenvalue weighted by Crippen LogP contribution is -2.42. The molecule has 1 N–H and O–H groups in total. The van der Waals surface area contributed by atoms with Gasteiger partial charge in [-0.25, -0.2) is 0 Å². The molecule has 1 heterocycles. The smallest absolute Gasteiger partial charge is 0.247 e. The van der Waals surface area contributed by atoms with Crippen LogP contribution >= 0.6 is 0 Å². The van der Waals surface area contributed by atoms with E-state index in [0.717, 1.165) is 72.7 Å². The minimum absolute atomic E-state index is 0.0222. The van der Waals surface area contributed by atoms with E-state index in [2.05, 4.69) is 35.9 Å². The Hall–Kier alpha value is -3.17. The molecule has 0 aromatic rings. The maximum Gasteiger partial charge on any atom is 0.247 e. The first-order chi connectivity index (χ1) is 17.2. The molecule has 2 aliphatic carbocycles. The molecule has 6 nitrogen and oxygen atoms in total. The third-order valence-corrected chi connectivity index (χ3v) is 7.19. The Kier molecular flexibility index (Phi) is 9.28. The number of carbonyl (C=O) groups is 1. The number of hydrogen-bond donors (Lipinski definition) is 1. The van der Waals surface area contributed by atoms with E-state index in [9.17, 15) is 10.1 Å². The molecule has 3 rings (SSSR count). The van der Waals surface area contributed by atoms with Crippen LogP contribution in [0.15, 0.2) is 75.6 Å². The highest BCUT2D eigenvalue weighted by molar-refractivity contribution is 5.90. The molecule has 1 atom stereocenters. The number of nitriles is 1. The van der Waals surface area contributed by atoms with Gasteiger partial charge in [0.1, 0.15) is 0 Å². The highest BCUT2D eigenvalue weighted by Crippen LogP contribution is 2.33. The van der Waals surface area contributed by atoms with E-state index in [1.165, 1.54) is 0 Å². The molecule has 1 unspecified atom stereocenters. The second kappa shape index (κ2) is 12.2. The number of aliphatic imine (C=N–C) groups is 1. The van der Waals surface area contributed by atoms with Crippen LogP contribution < -0.4 is 5.32 Å². The normalized spacial score (nSPS) is 23.8. The highest BCUT2D eigenvalue weighted by atomic mass is 16.2. The largest absolute Gasteiger partial charge is 0.368 e. The Bertz CT molecular complexity index is 1090. The first kappa shape index (κ1) is 27.4. The van der Waals surface area contributed by atoms with Crippen LogP contribution in [-0.4, -0.2) is 60.7 Å². The molecule has 3 aliphatic rings. The van der Waals surface area contributed by atoms with E-state index >= 15 is 0 Å². The quantitative estimate of drug-likeness (QED) is 0.280. The second-order valence-corrected chi connectivity index (χ2v) is 10.3. The van der Waals surface area contributed by atoms with Gasteiger partial charge >= 0.3 is 0 Å². The fourth-order valence-corrected chi connectivity index (χ4v) is 4.70. The maximum absolute atomic E-state index is 13.4. The van der Waals surface area contributed by atoms with Gasteiger partial charge in [-0.05, 0) is 76.2 Å². The number of piperazine rings is 1. The van der Waals surface area contributed by atoms with Gasteiger partial charge in [0.15, 0.2) is 0 Å². The molecule has 1 amide bonds. The van der Waals surface area contributed by atoms with Crippen LogP contribution in [0.3, 0.4) is 0 Å². The molecule has 0 aromatic heterocycles. The average molecular weight is 488 g/mol. The van der Waals surface area contributed by atoms with E-state index < -0.39 is 5.41 Å². The van der Waals surface area contributed by atoms with Crippen molar-refractivity contribution in [1.29, 1.82) is 5.26 Å². The van der Waals surface area contributed by atoms with Gasteiger partial charge in [0.25, 0.3) is 0 Å². The fraction of sp³-hybridized carbons (Fsp3) is 0.500. The number of nitrogens with zero attached hydrogens (tertiary/aromatic N) is 4. The van der Waals surface area contributed by atoms with Crippen molar-refractivity contribution in [3.05, 3.63) is 70.6 Å². The minimum atomic E-state index is -0.498. The van der Waals surface area contributed by atoms with Gasteiger partial charge in [-0.15, -0.1) is 0 Å². The average Bonchev–Trinajstić information content (AvgIpc) is 3.71. The lowest BCUT2D eigenvalue weighted by molar-refractivity contribution is -0.126. The van der Waals surface area contributed by atoms with Crippen molar-refractivity contribution in [2.24, 2.45) is 10.4 Å². The SMILES string of the molecule is C=C(C=N/C(C)=C(C)/C(=C\C)C(/C)=C/C(=O)N(CC1=CC(C)(C#N)CC=C1)C1CC1)N1CCNCC1. The number of carbonyl (C=O) groups excluding carboxylic acids is 1. The molecule has 36 heavy (non-hydrogen) atoms. The summed E-state index contributed by atoms with van der Waals surface area (Å²) in [6.07, 6.45) is 14.5. The summed E-state index contributed by atoms with van der Waals surface area (Å²) in [5.41, 5.74) is 5.37. The summed E-state index contributed by atoms with van der Waals surface area (Å²) < 4.78 is 0. The number of nitrogens with one attached hydrogen (secondary N) is 1. The minimum Gasteiger partial charge on any atom is -0.368 e. The first-order valence-electron chi connectivity index (χ1n) is 13.0. The predicted octanol–water partition coefficient (Wildman–Crippen LogP) is 5.07. The Morgan fingerprint density at radius 3 is 2.64 bits per heavy atom. The zero-order chi connectivity index (χ0) is 26.3. The molecule has 192 valence electrons. The van der Waals surface area contributed by atoms with E-state index in [-0.39, 0.29) is 11.9 Å². The molecule has 1 saturated heterocycles. The van der Waals surface area contributed by atoms with Crippen molar-refractivity contribution >= 4 is 12.1 Å². The summed E-state index contributed by atoms with van der Waals surface area (Å²) in [6.45, 7) is 18.5.